The Hall–Kier alpha value is -1.62. The quantitative estimate of drug-likeness (QED) is 0.488. The predicted octanol–water partition coefficient (Wildman–Crippen LogP) is 2.35. The number of nitrogens with zero attached hydrogens (tertiary/aromatic N) is 2. The van der Waals surface area contributed by atoms with Crippen LogP contribution in [-0.4, -0.2) is 9.91 Å². The maximum atomic E-state index is 10.3. The van der Waals surface area contributed by atoms with E-state index in [2.05, 4.69) is 10.3 Å². The molecule has 0 aliphatic carbocycles. The zero-order valence-corrected chi connectivity index (χ0v) is 9.57. The minimum absolute atomic E-state index is 0.431. The van der Waals surface area contributed by atoms with Crippen molar-refractivity contribution in [2.75, 3.05) is 0 Å². The summed E-state index contributed by atoms with van der Waals surface area (Å²) in [5.74, 6) is 0. The van der Waals surface area contributed by atoms with E-state index >= 15 is 0 Å². The average Bonchev–Trinajstić information content (AvgIpc) is 2.26. The summed E-state index contributed by atoms with van der Waals surface area (Å²) < 4.78 is 0. The maximum Gasteiger partial charge on any atom is 0.253 e. The molecule has 1 heterocycles. The Bertz CT molecular complexity index is 390. The molecular formula is C10H12ClN3O2. The monoisotopic (exact) mass is 241 g/mol. The van der Waals surface area contributed by atoms with Crippen LogP contribution in [0.2, 0.25) is 5.15 Å². The van der Waals surface area contributed by atoms with Gasteiger partial charge < -0.3 is 5.32 Å². The molecule has 0 aromatic carbocycles. The Morgan fingerprint density at radius 1 is 1.69 bits per heavy atom. The van der Waals surface area contributed by atoms with Crippen molar-refractivity contribution < 1.29 is 4.92 Å². The van der Waals surface area contributed by atoms with E-state index in [0.29, 0.717) is 23.8 Å². The number of allylic oxidation sites excluding steroid dienone is 1. The van der Waals surface area contributed by atoms with Crippen molar-refractivity contribution in [2.24, 2.45) is 0 Å². The minimum atomic E-state index is -0.466. The predicted molar refractivity (Wildman–Crippen MR) is 61.5 cm³/mol. The molecule has 0 unspecified atom stereocenters. The molecule has 1 N–H and O–H groups in total. The lowest BCUT2D eigenvalue weighted by atomic mass is 10.2. The smallest absolute Gasteiger partial charge is 0.253 e. The molecule has 1 rings (SSSR count). The molecule has 0 aliphatic rings. The van der Waals surface area contributed by atoms with Gasteiger partial charge in [0.2, 0.25) is 0 Å². The van der Waals surface area contributed by atoms with Gasteiger partial charge in [0, 0.05) is 12.7 Å². The highest BCUT2D eigenvalue weighted by atomic mass is 35.5. The molecule has 5 nitrogen and oxygen atoms in total. The SMILES string of the molecule is CCC(=C[N+](=O)[O-])NCc1ccc(Cl)nc1. The van der Waals surface area contributed by atoms with E-state index in [4.69, 9.17) is 11.6 Å². The Kier molecular flexibility index (Phi) is 4.72. The number of aromatic nitrogens is 1. The largest absolute Gasteiger partial charge is 0.379 e. The van der Waals surface area contributed by atoms with E-state index in [1.165, 1.54) is 0 Å². The van der Waals surface area contributed by atoms with Gasteiger partial charge in [0.1, 0.15) is 5.15 Å². The van der Waals surface area contributed by atoms with Gasteiger partial charge in [-0.25, -0.2) is 4.98 Å². The van der Waals surface area contributed by atoms with E-state index in [1.807, 2.05) is 13.0 Å². The summed E-state index contributed by atoms with van der Waals surface area (Å²) in [6.07, 6.45) is 3.19. The van der Waals surface area contributed by atoms with Crippen molar-refractivity contribution in [1.29, 1.82) is 0 Å². The van der Waals surface area contributed by atoms with Crippen molar-refractivity contribution in [3.63, 3.8) is 0 Å². The topological polar surface area (TPSA) is 68.1 Å². The summed E-state index contributed by atoms with van der Waals surface area (Å²) in [7, 11) is 0. The van der Waals surface area contributed by atoms with E-state index in [9.17, 15) is 10.1 Å². The van der Waals surface area contributed by atoms with Crippen molar-refractivity contribution in [2.45, 2.75) is 19.9 Å². The minimum Gasteiger partial charge on any atom is -0.379 e. The molecule has 1 aromatic rings. The van der Waals surface area contributed by atoms with Crippen LogP contribution in [0.25, 0.3) is 0 Å². The molecule has 0 amide bonds. The second-order valence-electron chi connectivity index (χ2n) is 3.14. The molecule has 0 fully saturated rings. The van der Waals surface area contributed by atoms with Crippen LogP contribution < -0.4 is 5.32 Å². The van der Waals surface area contributed by atoms with E-state index < -0.39 is 4.92 Å². The molecule has 6 heteroatoms. The molecule has 0 saturated heterocycles. The third-order valence-corrected chi connectivity index (χ3v) is 2.17. The second kappa shape index (κ2) is 6.07. The van der Waals surface area contributed by atoms with Crippen LogP contribution in [0.5, 0.6) is 0 Å². The number of hydrogen-bond acceptors (Lipinski definition) is 4. The van der Waals surface area contributed by atoms with E-state index in [0.717, 1.165) is 11.8 Å². The summed E-state index contributed by atoms with van der Waals surface area (Å²) in [4.78, 5) is 13.7. The van der Waals surface area contributed by atoms with Gasteiger partial charge in [-0.15, -0.1) is 0 Å². The van der Waals surface area contributed by atoms with E-state index in [1.54, 1.807) is 12.3 Å². The van der Waals surface area contributed by atoms with Crippen LogP contribution in [0, 0.1) is 10.1 Å². The van der Waals surface area contributed by atoms with E-state index in [-0.39, 0.29) is 0 Å². The zero-order chi connectivity index (χ0) is 12.0. The number of nitro groups is 1. The summed E-state index contributed by atoms with van der Waals surface area (Å²) in [5, 5.41) is 13.7. The van der Waals surface area contributed by atoms with Gasteiger partial charge in [-0.2, -0.15) is 0 Å². The van der Waals surface area contributed by atoms with Crippen LogP contribution in [-0.2, 0) is 6.54 Å². The fraction of sp³-hybridized carbons (Fsp3) is 0.300. The molecule has 86 valence electrons. The lowest BCUT2D eigenvalue weighted by molar-refractivity contribution is -0.403. The molecule has 0 bridgehead atoms. The Labute approximate surface area is 98.3 Å². The van der Waals surface area contributed by atoms with Gasteiger partial charge in [0.25, 0.3) is 6.20 Å². The first-order valence-electron chi connectivity index (χ1n) is 4.80. The van der Waals surface area contributed by atoms with Gasteiger partial charge in [-0.05, 0) is 18.1 Å². The summed E-state index contributed by atoms with van der Waals surface area (Å²) >= 11 is 5.64. The number of rotatable bonds is 5. The van der Waals surface area contributed by atoms with Crippen LogP contribution in [0.3, 0.4) is 0 Å². The summed E-state index contributed by atoms with van der Waals surface area (Å²) in [6.45, 7) is 2.35. The van der Waals surface area contributed by atoms with Gasteiger partial charge in [-0.1, -0.05) is 24.6 Å². The average molecular weight is 242 g/mol. The first-order chi connectivity index (χ1) is 7.61. The standard InChI is InChI=1S/C10H12ClN3O2/c1-2-9(7-14(15)16)12-5-8-3-4-10(11)13-6-8/h3-4,6-7,12H,2,5H2,1H3. The first kappa shape index (κ1) is 12.4. The third kappa shape index (κ3) is 4.27. The third-order valence-electron chi connectivity index (χ3n) is 1.95. The lowest BCUT2D eigenvalue weighted by Crippen LogP contribution is -2.13. The molecule has 1 aromatic heterocycles. The number of hydrogen-bond donors (Lipinski definition) is 1. The molecule has 0 radical (unpaired) electrons. The van der Waals surface area contributed by atoms with Gasteiger partial charge in [0.05, 0.1) is 10.6 Å². The van der Waals surface area contributed by atoms with Gasteiger partial charge >= 0.3 is 0 Å². The Balaban J connectivity index is 2.56. The van der Waals surface area contributed by atoms with Crippen molar-refractivity contribution in [3.8, 4) is 0 Å². The summed E-state index contributed by atoms with van der Waals surface area (Å²) in [6, 6.07) is 3.50. The molecular weight excluding hydrogens is 230 g/mol. The Morgan fingerprint density at radius 2 is 2.44 bits per heavy atom. The number of halogens is 1. The fourth-order valence-corrected chi connectivity index (χ4v) is 1.23. The molecule has 0 aliphatic heterocycles. The first-order valence-corrected chi connectivity index (χ1v) is 5.18. The fourth-order valence-electron chi connectivity index (χ4n) is 1.12. The molecule has 0 spiro atoms. The highest BCUT2D eigenvalue weighted by Gasteiger charge is 2.00. The summed E-state index contributed by atoms with van der Waals surface area (Å²) in [5.41, 5.74) is 1.51. The van der Waals surface area contributed by atoms with Crippen LogP contribution in [0.4, 0.5) is 0 Å². The van der Waals surface area contributed by atoms with Crippen molar-refractivity contribution >= 4 is 11.6 Å². The maximum absolute atomic E-state index is 10.3. The van der Waals surface area contributed by atoms with Crippen LogP contribution in [0.1, 0.15) is 18.9 Å². The van der Waals surface area contributed by atoms with Crippen molar-refractivity contribution in [1.82, 2.24) is 10.3 Å². The lowest BCUT2D eigenvalue weighted by Gasteiger charge is -2.06. The van der Waals surface area contributed by atoms with Crippen LogP contribution in [0.15, 0.2) is 30.2 Å². The van der Waals surface area contributed by atoms with Crippen molar-refractivity contribution in [3.05, 3.63) is 51.1 Å². The highest BCUT2D eigenvalue weighted by Crippen LogP contribution is 2.06. The number of pyridine rings is 1. The van der Waals surface area contributed by atoms with Crippen LogP contribution >= 0.6 is 11.6 Å². The molecule has 0 saturated carbocycles. The van der Waals surface area contributed by atoms with Gasteiger partial charge in [-0.3, -0.25) is 10.1 Å². The Morgan fingerprint density at radius 3 is 2.94 bits per heavy atom. The number of nitrogens with one attached hydrogen (secondary N) is 1. The molecule has 0 atom stereocenters. The second-order valence-corrected chi connectivity index (χ2v) is 3.52. The highest BCUT2D eigenvalue weighted by molar-refractivity contribution is 6.29. The zero-order valence-electron chi connectivity index (χ0n) is 8.81. The normalized spacial score (nSPS) is 11.2. The molecule has 16 heavy (non-hydrogen) atoms. The van der Waals surface area contributed by atoms with Gasteiger partial charge in [0.15, 0.2) is 0 Å².